The molecule has 2 heterocycles. The number of thioether (sulfide) groups is 1. The van der Waals surface area contributed by atoms with Gasteiger partial charge in [-0.1, -0.05) is 37.1 Å². The second-order valence-electron chi connectivity index (χ2n) is 6.83. The van der Waals surface area contributed by atoms with Crippen molar-refractivity contribution < 1.29 is 18.0 Å². The molecule has 148 valence electrons. The number of benzene rings is 1. The Morgan fingerprint density at radius 3 is 2.75 bits per heavy atom. The summed E-state index contributed by atoms with van der Waals surface area (Å²) in [5, 5.41) is 11.0. The number of alkyl halides is 3. The smallest absolute Gasteiger partial charge is 0.353 e. The van der Waals surface area contributed by atoms with E-state index in [1.807, 2.05) is 0 Å². The summed E-state index contributed by atoms with van der Waals surface area (Å²) >= 11 is 1.11. The Kier molecular flexibility index (Phi) is 5.13. The van der Waals surface area contributed by atoms with Crippen LogP contribution in [0.4, 0.5) is 13.2 Å². The highest BCUT2D eigenvalue weighted by atomic mass is 32.2. The third-order valence-electron chi connectivity index (χ3n) is 4.83. The zero-order valence-corrected chi connectivity index (χ0v) is 15.7. The van der Waals surface area contributed by atoms with Gasteiger partial charge in [0.2, 0.25) is 11.1 Å². The minimum absolute atomic E-state index is 0.0448. The quantitative estimate of drug-likeness (QED) is 0.635. The fraction of sp³-hybridized carbons (Fsp3) is 0.444. The highest BCUT2D eigenvalue weighted by Gasteiger charge is 2.34. The lowest BCUT2D eigenvalue weighted by atomic mass is 9.95. The molecule has 1 aliphatic carbocycles. The van der Waals surface area contributed by atoms with Gasteiger partial charge in [-0.25, -0.2) is 4.98 Å². The van der Waals surface area contributed by atoms with Gasteiger partial charge in [0.25, 0.3) is 0 Å². The van der Waals surface area contributed by atoms with Crippen molar-refractivity contribution in [3.8, 4) is 0 Å². The Bertz CT molecular complexity index is 1010. The number of nitrogens with one attached hydrogen (secondary N) is 2. The Morgan fingerprint density at radius 2 is 2.00 bits per heavy atom. The van der Waals surface area contributed by atoms with E-state index in [1.165, 1.54) is 12.5 Å². The van der Waals surface area contributed by atoms with Gasteiger partial charge in [-0.2, -0.15) is 13.2 Å². The molecule has 0 atom stereocenters. The Labute approximate surface area is 162 Å². The highest BCUT2D eigenvalue weighted by molar-refractivity contribution is 7.99. The molecule has 3 aromatic rings. The topological polar surface area (TPSA) is 83.6 Å². The Morgan fingerprint density at radius 1 is 1.21 bits per heavy atom. The second-order valence-corrected chi connectivity index (χ2v) is 7.78. The van der Waals surface area contributed by atoms with E-state index in [9.17, 15) is 18.0 Å². The molecule has 1 fully saturated rings. The molecule has 1 saturated carbocycles. The van der Waals surface area contributed by atoms with Crippen LogP contribution in [0.2, 0.25) is 0 Å². The molecule has 2 N–H and O–H groups in total. The summed E-state index contributed by atoms with van der Waals surface area (Å²) in [6.45, 7) is 0. The van der Waals surface area contributed by atoms with E-state index >= 15 is 0 Å². The molecule has 1 amide bonds. The van der Waals surface area contributed by atoms with Crippen LogP contribution in [-0.4, -0.2) is 37.9 Å². The molecule has 0 spiro atoms. The molecule has 28 heavy (non-hydrogen) atoms. The van der Waals surface area contributed by atoms with Crippen molar-refractivity contribution in [1.82, 2.24) is 25.5 Å². The molecule has 0 unspecified atom stereocenters. The van der Waals surface area contributed by atoms with E-state index in [0.29, 0.717) is 5.52 Å². The maximum Gasteiger partial charge on any atom is 0.417 e. The minimum atomic E-state index is -4.50. The number of aromatic amines is 1. The lowest BCUT2D eigenvalue weighted by Gasteiger charge is -2.22. The van der Waals surface area contributed by atoms with Gasteiger partial charge < -0.3 is 10.3 Å². The first-order valence-electron chi connectivity index (χ1n) is 9.06. The van der Waals surface area contributed by atoms with Gasteiger partial charge in [0, 0.05) is 16.9 Å². The molecule has 0 aliphatic heterocycles. The highest BCUT2D eigenvalue weighted by Crippen LogP contribution is 2.37. The number of carbonyl (C=O) groups is 1. The van der Waals surface area contributed by atoms with Crippen molar-refractivity contribution in [2.24, 2.45) is 0 Å². The first-order chi connectivity index (χ1) is 13.4. The van der Waals surface area contributed by atoms with Crippen molar-refractivity contribution in [1.29, 1.82) is 0 Å². The summed E-state index contributed by atoms with van der Waals surface area (Å²) in [4.78, 5) is 19.2. The van der Waals surface area contributed by atoms with Crippen LogP contribution >= 0.6 is 11.8 Å². The average molecular weight is 409 g/mol. The van der Waals surface area contributed by atoms with Crippen LogP contribution in [0.3, 0.4) is 0 Å². The number of halogens is 3. The third-order valence-corrected chi connectivity index (χ3v) is 5.67. The fourth-order valence-electron chi connectivity index (χ4n) is 3.55. The molecule has 4 rings (SSSR count). The lowest BCUT2D eigenvalue weighted by Crippen LogP contribution is -2.37. The monoisotopic (exact) mass is 409 g/mol. The van der Waals surface area contributed by atoms with E-state index in [-0.39, 0.29) is 39.4 Å². The van der Waals surface area contributed by atoms with Crippen molar-refractivity contribution in [3.63, 3.8) is 0 Å². The van der Waals surface area contributed by atoms with Crippen LogP contribution in [0.1, 0.15) is 37.7 Å². The second kappa shape index (κ2) is 7.57. The Balaban J connectivity index is 1.52. The fourth-order valence-corrected chi connectivity index (χ4v) is 4.15. The molecule has 0 saturated heterocycles. The van der Waals surface area contributed by atoms with Crippen LogP contribution in [0.15, 0.2) is 23.4 Å². The van der Waals surface area contributed by atoms with Crippen LogP contribution in [-0.2, 0) is 11.0 Å². The molecule has 0 radical (unpaired) electrons. The van der Waals surface area contributed by atoms with E-state index < -0.39 is 11.7 Å². The minimum Gasteiger partial charge on any atom is -0.353 e. The largest absolute Gasteiger partial charge is 0.417 e. The first-order valence-corrected chi connectivity index (χ1v) is 10.0. The molecular formula is C18H18F3N5OS. The summed E-state index contributed by atoms with van der Waals surface area (Å²) in [5.74, 6) is 0.0363. The van der Waals surface area contributed by atoms with Gasteiger partial charge in [0.15, 0.2) is 5.65 Å². The van der Waals surface area contributed by atoms with Gasteiger partial charge in [0.1, 0.15) is 5.52 Å². The standard InChI is InChI=1S/C18H18F3N5OS/c19-18(20,21)11-7-4-8-12-14(11)15-16(23-12)24-17(26-25-15)28-9-13(27)22-10-5-2-1-3-6-10/h4,7-8,10H,1-3,5-6,9H2,(H,22,27)(H,23,24,26). The number of hydrogen-bond donors (Lipinski definition) is 2. The summed E-state index contributed by atoms with van der Waals surface area (Å²) < 4.78 is 39.8. The maximum absolute atomic E-state index is 13.3. The number of carbonyl (C=O) groups excluding carboxylic acids is 1. The lowest BCUT2D eigenvalue weighted by molar-refractivity contribution is -0.136. The Hall–Kier alpha value is -2.36. The van der Waals surface area contributed by atoms with Crippen molar-refractivity contribution in [3.05, 3.63) is 23.8 Å². The van der Waals surface area contributed by atoms with E-state index in [4.69, 9.17) is 0 Å². The molecule has 2 aromatic heterocycles. The molecule has 0 bridgehead atoms. The normalized spacial score (nSPS) is 16.0. The number of hydrogen-bond acceptors (Lipinski definition) is 5. The van der Waals surface area contributed by atoms with Crippen LogP contribution < -0.4 is 5.32 Å². The number of H-pyrrole nitrogens is 1. The van der Waals surface area contributed by atoms with E-state index in [2.05, 4.69) is 25.5 Å². The van der Waals surface area contributed by atoms with Crippen LogP contribution in [0.5, 0.6) is 0 Å². The molecule has 6 nitrogen and oxygen atoms in total. The van der Waals surface area contributed by atoms with Gasteiger partial charge in [-0.05, 0) is 25.0 Å². The molecule has 10 heteroatoms. The van der Waals surface area contributed by atoms with Gasteiger partial charge >= 0.3 is 6.18 Å². The molecule has 1 aromatic carbocycles. The van der Waals surface area contributed by atoms with Crippen LogP contribution in [0, 0.1) is 0 Å². The summed E-state index contributed by atoms with van der Waals surface area (Å²) in [5.41, 5.74) is -0.195. The number of aromatic nitrogens is 4. The predicted molar refractivity (Wildman–Crippen MR) is 99.9 cm³/mol. The molecular weight excluding hydrogens is 391 g/mol. The zero-order valence-electron chi connectivity index (χ0n) is 14.8. The number of amides is 1. The van der Waals surface area contributed by atoms with Gasteiger partial charge in [0.05, 0.1) is 11.3 Å². The van der Waals surface area contributed by atoms with Gasteiger partial charge in [-0.3, -0.25) is 4.79 Å². The zero-order chi connectivity index (χ0) is 19.7. The van der Waals surface area contributed by atoms with Crippen molar-refractivity contribution >= 4 is 39.7 Å². The predicted octanol–water partition coefficient (Wildman–Crippen LogP) is 4.07. The number of rotatable bonds is 4. The average Bonchev–Trinajstić information content (AvgIpc) is 3.04. The number of nitrogens with zero attached hydrogens (tertiary/aromatic N) is 3. The van der Waals surface area contributed by atoms with Crippen molar-refractivity contribution in [2.45, 2.75) is 49.5 Å². The maximum atomic E-state index is 13.3. The number of fused-ring (bicyclic) bond motifs is 3. The molecule has 1 aliphatic rings. The van der Waals surface area contributed by atoms with Gasteiger partial charge in [-0.15, -0.1) is 10.2 Å². The summed E-state index contributed by atoms with van der Waals surface area (Å²) in [7, 11) is 0. The first kappa shape index (κ1) is 19.0. The summed E-state index contributed by atoms with van der Waals surface area (Å²) in [6, 6.07) is 4.10. The van der Waals surface area contributed by atoms with E-state index in [1.54, 1.807) is 6.07 Å². The summed E-state index contributed by atoms with van der Waals surface area (Å²) in [6.07, 6.45) is 0.959. The van der Waals surface area contributed by atoms with E-state index in [0.717, 1.165) is 43.5 Å². The van der Waals surface area contributed by atoms with Crippen molar-refractivity contribution in [2.75, 3.05) is 5.75 Å². The van der Waals surface area contributed by atoms with Crippen LogP contribution in [0.25, 0.3) is 22.1 Å². The third kappa shape index (κ3) is 3.91. The SMILES string of the molecule is O=C(CSc1nnc2c(n1)[nH]c1cccc(C(F)(F)F)c12)NC1CCCCC1.